The maximum atomic E-state index is 12.8. The van der Waals surface area contributed by atoms with Crippen molar-refractivity contribution in [3.05, 3.63) is 51.4 Å². The third kappa shape index (κ3) is 3.64. The van der Waals surface area contributed by atoms with Crippen molar-refractivity contribution in [1.29, 1.82) is 0 Å². The number of fused-ring (bicyclic) bond motifs is 2. The molecule has 0 spiro atoms. The van der Waals surface area contributed by atoms with Gasteiger partial charge in [0, 0.05) is 17.8 Å². The molecule has 2 saturated heterocycles. The number of rotatable bonds is 6. The number of anilines is 2. The lowest BCUT2D eigenvalue weighted by Gasteiger charge is -2.23. The molecule has 1 aromatic carbocycles. The molecule has 0 unspecified atom stereocenters. The summed E-state index contributed by atoms with van der Waals surface area (Å²) in [6, 6.07) is 6.89. The number of ether oxygens (including phenoxy) is 1. The summed E-state index contributed by atoms with van der Waals surface area (Å²) in [5.74, 6) is -3.76. The van der Waals surface area contributed by atoms with E-state index in [1.807, 2.05) is 0 Å². The van der Waals surface area contributed by atoms with Crippen LogP contribution in [0.1, 0.15) is 23.2 Å². The second-order valence-electron chi connectivity index (χ2n) is 7.09. The smallest absolute Gasteiger partial charge is 0.310 e. The first-order chi connectivity index (χ1) is 14.3. The second kappa shape index (κ2) is 7.84. The van der Waals surface area contributed by atoms with Crippen LogP contribution in [0.25, 0.3) is 0 Å². The lowest BCUT2D eigenvalue weighted by atomic mass is 9.79. The van der Waals surface area contributed by atoms with Crippen LogP contribution in [0.2, 0.25) is 0 Å². The number of aliphatic carboxylic acids is 1. The van der Waals surface area contributed by atoms with Crippen LogP contribution in [0.4, 0.5) is 16.4 Å². The Morgan fingerprint density at radius 3 is 2.37 bits per heavy atom. The van der Waals surface area contributed by atoms with Crippen LogP contribution in [0.5, 0.6) is 0 Å². The molecule has 10 nitrogen and oxygen atoms in total. The summed E-state index contributed by atoms with van der Waals surface area (Å²) in [6.45, 7) is 0. The van der Waals surface area contributed by atoms with Crippen molar-refractivity contribution in [2.45, 2.75) is 25.0 Å². The number of carbonyl (C=O) groups is 3. The number of thiophene rings is 1. The minimum Gasteiger partial charge on any atom is -0.481 e. The highest BCUT2D eigenvalue weighted by atomic mass is 32.1. The molecule has 2 bridgehead atoms. The summed E-state index contributed by atoms with van der Waals surface area (Å²) in [5, 5.41) is 27.4. The average molecular weight is 431 g/mol. The zero-order chi connectivity index (χ0) is 21.4. The first kappa shape index (κ1) is 20.0. The minimum atomic E-state index is -1.07. The van der Waals surface area contributed by atoms with Gasteiger partial charge in [0.25, 0.3) is 11.6 Å². The normalized spacial score (nSPS) is 24.4. The number of carbonyl (C=O) groups excluding carboxylic acids is 2. The van der Waals surface area contributed by atoms with Gasteiger partial charge in [0.2, 0.25) is 5.91 Å². The summed E-state index contributed by atoms with van der Waals surface area (Å²) in [5.41, 5.74) is 0.474. The summed E-state index contributed by atoms with van der Waals surface area (Å²) in [4.78, 5) is 47.2. The molecule has 0 saturated carbocycles. The molecule has 2 fully saturated rings. The Labute approximate surface area is 174 Å². The zero-order valence-corrected chi connectivity index (χ0v) is 16.3. The molecule has 2 amide bonds. The van der Waals surface area contributed by atoms with Crippen molar-refractivity contribution in [1.82, 2.24) is 0 Å². The van der Waals surface area contributed by atoms with Crippen molar-refractivity contribution in [2.24, 2.45) is 11.8 Å². The molecule has 2 aliphatic rings. The summed E-state index contributed by atoms with van der Waals surface area (Å²) < 4.78 is 5.62. The third-order valence-electron chi connectivity index (χ3n) is 5.34. The van der Waals surface area contributed by atoms with E-state index < -0.39 is 46.8 Å². The molecular formula is C19H17N3O7S. The largest absolute Gasteiger partial charge is 0.481 e. The van der Waals surface area contributed by atoms with E-state index in [-0.39, 0.29) is 11.3 Å². The molecule has 2 aliphatic heterocycles. The molecule has 3 N–H and O–H groups in total. The van der Waals surface area contributed by atoms with Gasteiger partial charge in [-0.25, -0.2) is 0 Å². The van der Waals surface area contributed by atoms with Crippen LogP contribution >= 0.6 is 11.3 Å². The van der Waals surface area contributed by atoms with Crippen LogP contribution in [0.3, 0.4) is 0 Å². The van der Waals surface area contributed by atoms with E-state index >= 15 is 0 Å². The standard InChI is InChI=1S/C19H17N3O7S/c23-16(20-9-1-3-10(4-2-9)22(27)28)11-7-8-30-18(11)21-17(24)14-12-5-6-13(29-12)15(14)19(25)26/h1-4,7-8,12-15H,5-6H2,(H,20,23)(H,21,24)(H,25,26)/t12-,13+,14+,15-/m1/s1. The van der Waals surface area contributed by atoms with Crippen molar-refractivity contribution < 1.29 is 29.2 Å². The number of nitrogens with zero attached hydrogens (tertiary/aromatic N) is 1. The average Bonchev–Trinajstić information content (AvgIpc) is 3.43. The van der Waals surface area contributed by atoms with Gasteiger partial charge in [-0.2, -0.15) is 0 Å². The van der Waals surface area contributed by atoms with Crippen molar-refractivity contribution in [3.8, 4) is 0 Å². The topological polar surface area (TPSA) is 148 Å². The zero-order valence-electron chi connectivity index (χ0n) is 15.4. The lowest BCUT2D eigenvalue weighted by molar-refractivity contribution is -0.384. The number of carboxylic acid groups (broad SMARTS) is 1. The predicted molar refractivity (Wildman–Crippen MR) is 107 cm³/mol. The summed E-state index contributed by atoms with van der Waals surface area (Å²) >= 11 is 1.14. The number of hydrogen-bond donors (Lipinski definition) is 3. The van der Waals surface area contributed by atoms with Crippen LogP contribution in [-0.4, -0.2) is 40.0 Å². The van der Waals surface area contributed by atoms with Gasteiger partial charge in [-0.1, -0.05) is 0 Å². The fourth-order valence-corrected chi connectivity index (χ4v) is 4.76. The van der Waals surface area contributed by atoms with E-state index in [4.69, 9.17) is 4.74 Å². The number of carboxylic acids is 1. The third-order valence-corrected chi connectivity index (χ3v) is 6.17. The highest BCUT2D eigenvalue weighted by Crippen LogP contribution is 2.44. The Bertz CT molecular complexity index is 1020. The molecular weight excluding hydrogens is 414 g/mol. The quantitative estimate of drug-likeness (QED) is 0.470. The highest BCUT2D eigenvalue weighted by molar-refractivity contribution is 7.14. The first-order valence-electron chi connectivity index (χ1n) is 9.17. The molecule has 156 valence electrons. The number of amides is 2. The molecule has 0 aliphatic carbocycles. The Morgan fingerprint density at radius 2 is 1.73 bits per heavy atom. The number of benzene rings is 1. The van der Waals surface area contributed by atoms with Gasteiger partial charge in [0.15, 0.2) is 0 Å². The van der Waals surface area contributed by atoms with Crippen molar-refractivity contribution in [3.63, 3.8) is 0 Å². The van der Waals surface area contributed by atoms with Gasteiger partial charge in [0.1, 0.15) is 5.00 Å². The molecule has 4 atom stereocenters. The summed E-state index contributed by atoms with van der Waals surface area (Å²) in [7, 11) is 0. The lowest BCUT2D eigenvalue weighted by Crippen LogP contribution is -2.41. The number of nitrogens with one attached hydrogen (secondary N) is 2. The molecule has 0 radical (unpaired) electrons. The molecule has 2 aromatic rings. The maximum Gasteiger partial charge on any atom is 0.310 e. The molecule has 1 aromatic heterocycles. The van der Waals surface area contributed by atoms with Gasteiger partial charge in [-0.15, -0.1) is 11.3 Å². The van der Waals surface area contributed by atoms with Gasteiger partial charge >= 0.3 is 5.97 Å². The van der Waals surface area contributed by atoms with E-state index in [1.54, 1.807) is 5.38 Å². The molecule has 3 heterocycles. The first-order valence-corrected chi connectivity index (χ1v) is 10.1. The van der Waals surface area contributed by atoms with E-state index in [0.717, 1.165) is 11.3 Å². The van der Waals surface area contributed by atoms with E-state index in [9.17, 15) is 29.6 Å². The van der Waals surface area contributed by atoms with Crippen LogP contribution < -0.4 is 10.6 Å². The highest BCUT2D eigenvalue weighted by Gasteiger charge is 2.55. The van der Waals surface area contributed by atoms with Crippen LogP contribution in [-0.2, 0) is 14.3 Å². The van der Waals surface area contributed by atoms with E-state index in [0.29, 0.717) is 23.5 Å². The second-order valence-corrected chi connectivity index (χ2v) is 8.01. The number of nitro groups is 1. The SMILES string of the molecule is O=C(Nc1ccc([N+](=O)[O-])cc1)c1ccsc1NC(=O)[C@@H]1[C@H](C(=O)O)[C@@H]2CC[C@H]1O2. The Balaban J connectivity index is 1.46. The molecule has 4 rings (SSSR count). The monoisotopic (exact) mass is 431 g/mol. The van der Waals surface area contributed by atoms with E-state index in [2.05, 4.69) is 10.6 Å². The fraction of sp³-hybridized carbons (Fsp3) is 0.316. The minimum absolute atomic E-state index is 0.0995. The Hall–Kier alpha value is -3.31. The van der Waals surface area contributed by atoms with Gasteiger partial charge in [0.05, 0.1) is 34.5 Å². The Morgan fingerprint density at radius 1 is 1.07 bits per heavy atom. The number of hydrogen-bond acceptors (Lipinski definition) is 7. The number of nitro benzene ring substituents is 1. The fourth-order valence-electron chi connectivity index (χ4n) is 3.97. The van der Waals surface area contributed by atoms with Crippen molar-refractivity contribution in [2.75, 3.05) is 10.6 Å². The maximum absolute atomic E-state index is 12.8. The van der Waals surface area contributed by atoms with Gasteiger partial charge < -0.3 is 20.5 Å². The summed E-state index contributed by atoms with van der Waals surface area (Å²) in [6.07, 6.45) is 0.350. The van der Waals surface area contributed by atoms with Crippen LogP contribution in [0.15, 0.2) is 35.7 Å². The van der Waals surface area contributed by atoms with Gasteiger partial charge in [-0.05, 0) is 36.4 Å². The molecule has 11 heteroatoms. The van der Waals surface area contributed by atoms with Gasteiger partial charge in [-0.3, -0.25) is 24.5 Å². The van der Waals surface area contributed by atoms with E-state index in [1.165, 1.54) is 30.3 Å². The molecule has 30 heavy (non-hydrogen) atoms. The van der Waals surface area contributed by atoms with Crippen molar-refractivity contribution >= 4 is 45.5 Å². The number of non-ortho nitro benzene ring substituents is 1. The predicted octanol–water partition coefficient (Wildman–Crippen LogP) is 2.73. The Kier molecular flexibility index (Phi) is 5.22. The van der Waals surface area contributed by atoms with Crippen LogP contribution in [0, 0.1) is 22.0 Å².